The molecule has 34 heavy (non-hydrogen) atoms. The summed E-state index contributed by atoms with van der Waals surface area (Å²) < 4.78 is 2.97. The third-order valence-electron chi connectivity index (χ3n) is 5.77. The normalized spacial score (nSPS) is 14.6. The van der Waals surface area contributed by atoms with Crippen molar-refractivity contribution in [1.29, 1.82) is 0 Å². The molecule has 1 aromatic carbocycles. The smallest absolute Gasteiger partial charge is 0.228 e. The number of carbonyl (C=O) groups is 1. The Bertz CT molecular complexity index is 1280. The van der Waals surface area contributed by atoms with Crippen LogP contribution in [0.25, 0.3) is 15.9 Å². The maximum Gasteiger partial charge on any atom is 0.228 e. The Morgan fingerprint density at radius 1 is 1.06 bits per heavy atom. The van der Waals surface area contributed by atoms with Crippen LogP contribution in [0, 0.1) is 5.41 Å². The number of imidazole rings is 1. The highest BCUT2D eigenvalue weighted by molar-refractivity contribution is 7.17. The van der Waals surface area contributed by atoms with Gasteiger partial charge in [0.05, 0.1) is 16.4 Å². The van der Waals surface area contributed by atoms with Gasteiger partial charge in [-0.3, -0.25) is 4.79 Å². The molecule has 1 amide bonds. The summed E-state index contributed by atoms with van der Waals surface area (Å²) in [5, 5.41) is 5.42. The van der Waals surface area contributed by atoms with Crippen molar-refractivity contribution in [2.45, 2.75) is 27.2 Å². The lowest BCUT2D eigenvalue weighted by atomic mass is 9.91. The third-order valence-corrected chi connectivity index (χ3v) is 6.68. The van der Waals surface area contributed by atoms with E-state index in [0.29, 0.717) is 38.5 Å². The molecule has 176 valence electrons. The second kappa shape index (κ2) is 9.06. The summed E-state index contributed by atoms with van der Waals surface area (Å²) in [5.41, 5.74) is 1.95. The van der Waals surface area contributed by atoms with E-state index in [4.69, 9.17) is 9.97 Å². The van der Waals surface area contributed by atoms with Crippen LogP contribution in [0.3, 0.4) is 0 Å². The fourth-order valence-corrected chi connectivity index (χ4v) is 4.82. The fourth-order valence-electron chi connectivity index (χ4n) is 4.05. The molecule has 0 atom stereocenters. The van der Waals surface area contributed by atoms with Gasteiger partial charge in [0, 0.05) is 38.3 Å². The highest BCUT2D eigenvalue weighted by atomic mass is 32.1. The van der Waals surface area contributed by atoms with Crippen molar-refractivity contribution in [3.63, 3.8) is 0 Å². The van der Waals surface area contributed by atoms with Crippen molar-refractivity contribution < 1.29 is 4.79 Å². The van der Waals surface area contributed by atoms with Gasteiger partial charge in [-0.25, -0.2) is 9.97 Å². The lowest BCUT2D eigenvalue weighted by Crippen LogP contribution is -2.49. The summed E-state index contributed by atoms with van der Waals surface area (Å²) in [7, 11) is 0. The largest absolute Gasteiger partial charge is 0.339 e. The van der Waals surface area contributed by atoms with E-state index in [1.807, 2.05) is 57.4 Å². The summed E-state index contributed by atoms with van der Waals surface area (Å²) in [4.78, 5) is 30.9. The van der Waals surface area contributed by atoms with E-state index in [9.17, 15) is 4.79 Å². The molecule has 1 N–H and O–H groups in total. The lowest BCUT2D eigenvalue weighted by molar-refractivity contribution is -0.133. The number of aromatic nitrogens is 4. The van der Waals surface area contributed by atoms with Crippen LogP contribution in [-0.4, -0.2) is 56.5 Å². The molecule has 1 aliphatic rings. The lowest BCUT2D eigenvalue weighted by Gasteiger charge is -2.36. The number of piperazine rings is 1. The fraction of sp³-hybridized carbons (Fsp3) is 0.360. The Morgan fingerprint density at radius 2 is 1.82 bits per heavy atom. The summed E-state index contributed by atoms with van der Waals surface area (Å²) in [6.07, 6.45) is 4.31. The molecular weight excluding hydrogens is 446 g/mol. The molecule has 1 fully saturated rings. The number of thiophene rings is 1. The molecule has 1 saturated heterocycles. The van der Waals surface area contributed by atoms with Crippen LogP contribution in [0.15, 0.2) is 54.3 Å². The number of para-hydroxylation sites is 1. The minimum atomic E-state index is -0.00458. The van der Waals surface area contributed by atoms with Crippen LogP contribution in [0.5, 0.6) is 0 Å². The maximum absolute atomic E-state index is 12.6. The maximum atomic E-state index is 12.6. The number of benzene rings is 1. The molecule has 0 aliphatic carbocycles. The predicted molar refractivity (Wildman–Crippen MR) is 137 cm³/mol. The number of amides is 1. The average Bonchev–Trinajstić information content (AvgIpc) is 3.48. The first kappa shape index (κ1) is 22.3. The van der Waals surface area contributed by atoms with Crippen LogP contribution in [-0.2, 0) is 4.79 Å². The van der Waals surface area contributed by atoms with Crippen LogP contribution in [0.2, 0.25) is 0 Å². The van der Waals surface area contributed by atoms with Crippen molar-refractivity contribution in [1.82, 2.24) is 24.4 Å². The van der Waals surface area contributed by atoms with E-state index in [-0.39, 0.29) is 11.3 Å². The number of hydrogen-bond acceptors (Lipinski definition) is 7. The highest BCUT2D eigenvalue weighted by Gasteiger charge is 2.26. The first-order chi connectivity index (χ1) is 16.4. The highest BCUT2D eigenvalue weighted by Crippen LogP contribution is 2.31. The van der Waals surface area contributed by atoms with Gasteiger partial charge >= 0.3 is 0 Å². The number of rotatable bonds is 5. The molecular formula is C25H29N7OS. The number of nitrogens with zero attached hydrogens (tertiary/aromatic N) is 6. The first-order valence-corrected chi connectivity index (χ1v) is 12.4. The molecule has 0 unspecified atom stereocenters. The van der Waals surface area contributed by atoms with Gasteiger partial charge in [0.25, 0.3) is 0 Å². The number of nitrogens with one attached hydrogen (secondary N) is 1. The zero-order chi connectivity index (χ0) is 23.7. The minimum absolute atomic E-state index is 0.00458. The molecule has 0 saturated carbocycles. The summed E-state index contributed by atoms with van der Waals surface area (Å²) in [6.45, 7) is 9.10. The van der Waals surface area contributed by atoms with Gasteiger partial charge in [-0.1, -0.05) is 39.0 Å². The SMILES string of the molecule is CC(C)(C)CC(=O)N1CCN(c2nc(Nc3cn(-c4ccccc4)cn3)c3sccc3n2)CC1. The van der Waals surface area contributed by atoms with Gasteiger partial charge in [0.1, 0.15) is 12.1 Å². The number of anilines is 3. The Balaban J connectivity index is 1.33. The van der Waals surface area contributed by atoms with Gasteiger partial charge in [-0.15, -0.1) is 11.3 Å². The van der Waals surface area contributed by atoms with Crippen molar-refractivity contribution in [2.75, 3.05) is 36.4 Å². The van der Waals surface area contributed by atoms with E-state index >= 15 is 0 Å². The molecule has 4 aromatic rings. The molecule has 0 spiro atoms. The molecule has 9 heteroatoms. The van der Waals surface area contributed by atoms with Crippen molar-refractivity contribution in [2.24, 2.45) is 5.41 Å². The second-order valence-electron chi connectivity index (χ2n) is 9.74. The summed E-state index contributed by atoms with van der Waals surface area (Å²) in [5.74, 6) is 2.37. The van der Waals surface area contributed by atoms with Gasteiger partial charge in [0.2, 0.25) is 11.9 Å². The molecule has 8 nitrogen and oxygen atoms in total. The Kier molecular flexibility index (Phi) is 5.95. The predicted octanol–water partition coefficient (Wildman–Crippen LogP) is 4.71. The van der Waals surface area contributed by atoms with E-state index in [2.05, 4.69) is 36.0 Å². The van der Waals surface area contributed by atoms with Gasteiger partial charge in [-0.05, 0) is 29.0 Å². The van der Waals surface area contributed by atoms with E-state index < -0.39 is 0 Å². The van der Waals surface area contributed by atoms with Crippen molar-refractivity contribution >= 4 is 45.0 Å². The number of fused-ring (bicyclic) bond motifs is 1. The van der Waals surface area contributed by atoms with Gasteiger partial charge < -0.3 is 19.7 Å². The van der Waals surface area contributed by atoms with Crippen molar-refractivity contribution in [3.8, 4) is 5.69 Å². The Labute approximate surface area is 203 Å². The standard InChI is InChI=1S/C25H29N7OS/c1-25(2,3)15-21(33)30-10-12-31(13-11-30)24-27-19-9-14-34-22(19)23(29-24)28-20-16-32(17-26-20)18-7-5-4-6-8-18/h4-9,14,16-17H,10-13,15H2,1-3H3,(H,27,28,29). The molecule has 0 bridgehead atoms. The first-order valence-electron chi connectivity index (χ1n) is 11.5. The summed E-state index contributed by atoms with van der Waals surface area (Å²) >= 11 is 1.61. The van der Waals surface area contributed by atoms with Crippen LogP contribution in [0.1, 0.15) is 27.2 Å². The summed E-state index contributed by atoms with van der Waals surface area (Å²) in [6, 6.07) is 12.1. The Morgan fingerprint density at radius 3 is 2.56 bits per heavy atom. The zero-order valence-corrected chi connectivity index (χ0v) is 20.5. The van der Waals surface area contributed by atoms with E-state index in [1.165, 1.54) is 0 Å². The minimum Gasteiger partial charge on any atom is -0.339 e. The number of hydrogen-bond donors (Lipinski definition) is 1. The van der Waals surface area contributed by atoms with E-state index in [1.54, 1.807) is 17.7 Å². The molecule has 4 heterocycles. The quantitative estimate of drug-likeness (QED) is 0.451. The number of carbonyl (C=O) groups excluding carboxylic acids is 1. The van der Waals surface area contributed by atoms with Gasteiger partial charge in [0.15, 0.2) is 5.82 Å². The zero-order valence-electron chi connectivity index (χ0n) is 19.7. The van der Waals surface area contributed by atoms with Gasteiger partial charge in [-0.2, -0.15) is 4.98 Å². The molecule has 1 aliphatic heterocycles. The van der Waals surface area contributed by atoms with E-state index in [0.717, 1.165) is 27.5 Å². The monoisotopic (exact) mass is 475 g/mol. The average molecular weight is 476 g/mol. The van der Waals surface area contributed by atoms with Crippen LogP contribution < -0.4 is 10.2 Å². The Hall–Kier alpha value is -3.46. The van der Waals surface area contributed by atoms with Crippen LogP contribution in [0.4, 0.5) is 17.6 Å². The second-order valence-corrected chi connectivity index (χ2v) is 10.7. The van der Waals surface area contributed by atoms with Crippen molar-refractivity contribution in [3.05, 3.63) is 54.3 Å². The van der Waals surface area contributed by atoms with Crippen LogP contribution >= 0.6 is 11.3 Å². The molecule has 0 radical (unpaired) electrons. The third kappa shape index (κ3) is 4.89. The molecule has 3 aromatic heterocycles. The topological polar surface area (TPSA) is 79.2 Å². The molecule has 5 rings (SSSR count).